The second-order valence-corrected chi connectivity index (χ2v) is 9.01. The van der Waals surface area contributed by atoms with Gasteiger partial charge in [-0.25, -0.2) is 0 Å². The highest BCUT2D eigenvalue weighted by Gasteiger charge is 2.35. The number of halogens is 3. The third-order valence-corrected chi connectivity index (χ3v) is 6.25. The number of benzene rings is 3. The molecule has 0 aliphatic carbocycles. The average molecular weight is 543 g/mol. The van der Waals surface area contributed by atoms with Crippen LogP contribution in [0.15, 0.2) is 72.8 Å². The summed E-state index contributed by atoms with van der Waals surface area (Å²) in [5.41, 5.74) is 0.243. The SMILES string of the molecule is COc1ccc(C(=O)C[C@@H](Cc2ccccc2)C(=O)NC(Cc2ccc(OC)c(C(F)(F)F)c2)B(O)O)cc1. The second kappa shape index (κ2) is 13.3. The van der Waals surface area contributed by atoms with Crippen molar-refractivity contribution in [1.82, 2.24) is 5.32 Å². The van der Waals surface area contributed by atoms with Crippen LogP contribution < -0.4 is 14.8 Å². The van der Waals surface area contributed by atoms with Crippen molar-refractivity contribution in [2.24, 2.45) is 5.92 Å². The van der Waals surface area contributed by atoms with E-state index in [-0.39, 0.29) is 36.4 Å². The second-order valence-electron chi connectivity index (χ2n) is 9.01. The van der Waals surface area contributed by atoms with Gasteiger partial charge in [-0.05, 0) is 60.4 Å². The summed E-state index contributed by atoms with van der Waals surface area (Å²) in [5, 5.41) is 22.4. The van der Waals surface area contributed by atoms with Crippen molar-refractivity contribution in [3.63, 3.8) is 0 Å². The van der Waals surface area contributed by atoms with Crippen LogP contribution in [-0.2, 0) is 23.8 Å². The van der Waals surface area contributed by atoms with Gasteiger partial charge in [-0.1, -0.05) is 36.4 Å². The summed E-state index contributed by atoms with van der Waals surface area (Å²) in [6.07, 6.45) is -4.99. The zero-order valence-electron chi connectivity index (χ0n) is 21.4. The highest BCUT2D eigenvalue weighted by molar-refractivity contribution is 6.43. The van der Waals surface area contributed by atoms with E-state index in [1.165, 1.54) is 13.2 Å². The first-order chi connectivity index (χ1) is 18.5. The summed E-state index contributed by atoms with van der Waals surface area (Å²) in [4.78, 5) is 26.4. The first kappa shape index (κ1) is 29.7. The summed E-state index contributed by atoms with van der Waals surface area (Å²) in [6, 6.07) is 18.7. The van der Waals surface area contributed by atoms with E-state index in [0.717, 1.165) is 24.8 Å². The summed E-state index contributed by atoms with van der Waals surface area (Å²) >= 11 is 0. The Hall–Kier alpha value is -3.83. The Morgan fingerprint density at radius 1 is 0.897 bits per heavy atom. The van der Waals surface area contributed by atoms with Crippen molar-refractivity contribution >= 4 is 18.8 Å². The molecule has 0 fully saturated rings. The molecule has 3 aromatic rings. The molecule has 0 aromatic heterocycles. The molecule has 1 amide bonds. The fraction of sp³-hybridized carbons (Fsp3) is 0.286. The standard InChI is InChI=1S/C28H29BF3NO6/c1-38-22-11-9-20(10-12-22)24(34)17-21(14-18-6-4-3-5-7-18)27(35)33-26(29(36)37)16-19-8-13-25(39-2)23(15-19)28(30,31)32/h3-13,15,21,26,36-37H,14,16-17H2,1-2H3,(H,33,35)/t21-,26?/m1/s1. The van der Waals surface area contributed by atoms with Crippen molar-refractivity contribution in [2.75, 3.05) is 14.2 Å². The number of hydrogen-bond donors (Lipinski definition) is 3. The predicted octanol–water partition coefficient (Wildman–Crippen LogP) is 3.89. The van der Waals surface area contributed by atoms with Gasteiger partial charge in [-0.2, -0.15) is 13.2 Å². The van der Waals surface area contributed by atoms with E-state index in [4.69, 9.17) is 9.47 Å². The third-order valence-electron chi connectivity index (χ3n) is 6.25. The molecule has 0 radical (unpaired) electrons. The molecule has 39 heavy (non-hydrogen) atoms. The van der Waals surface area contributed by atoms with Crippen LogP contribution in [0.3, 0.4) is 0 Å². The maximum Gasteiger partial charge on any atom is 0.475 e. The lowest BCUT2D eigenvalue weighted by Gasteiger charge is -2.23. The van der Waals surface area contributed by atoms with Crippen LogP contribution in [-0.4, -0.2) is 49.0 Å². The Kier molecular flexibility index (Phi) is 10.1. The summed E-state index contributed by atoms with van der Waals surface area (Å²) in [5.74, 6) is -2.97. The van der Waals surface area contributed by atoms with E-state index in [1.807, 2.05) is 6.07 Å². The molecule has 2 atom stereocenters. The van der Waals surface area contributed by atoms with Crippen LogP contribution in [0.4, 0.5) is 13.2 Å². The molecule has 0 aliphatic rings. The molecule has 0 saturated carbocycles. The number of Topliss-reactive ketones (excluding diaryl/α,β-unsaturated/α-hetero) is 1. The Bertz CT molecular complexity index is 1250. The maximum atomic E-state index is 13.5. The molecular formula is C28H29BF3NO6. The lowest BCUT2D eigenvalue weighted by atomic mass is 9.75. The topological polar surface area (TPSA) is 105 Å². The quantitative estimate of drug-likeness (QED) is 0.237. The minimum absolute atomic E-state index is 0.107. The normalized spacial score (nSPS) is 12.8. The first-order valence-corrected chi connectivity index (χ1v) is 12.1. The van der Waals surface area contributed by atoms with Crippen LogP contribution in [0.5, 0.6) is 11.5 Å². The Morgan fingerprint density at radius 2 is 1.56 bits per heavy atom. The fourth-order valence-electron chi connectivity index (χ4n) is 4.16. The number of hydrogen-bond acceptors (Lipinski definition) is 6. The molecule has 206 valence electrons. The molecule has 1 unspecified atom stereocenters. The molecule has 3 rings (SSSR count). The predicted molar refractivity (Wildman–Crippen MR) is 139 cm³/mol. The Balaban J connectivity index is 1.82. The zero-order chi connectivity index (χ0) is 28.6. The smallest absolute Gasteiger partial charge is 0.475 e. The third kappa shape index (κ3) is 8.33. The van der Waals surface area contributed by atoms with E-state index in [1.54, 1.807) is 48.5 Å². The van der Waals surface area contributed by atoms with Gasteiger partial charge >= 0.3 is 13.3 Å². The van der Waals surface area contributed by atoms with E-state index in [2.05, 4.69) is 5.32 Å². The Morgan fingerprint density at radius 3 is 2.13 bits per heavy atom. The average Bonchev–Trinajstić information content (AvgIpc) is 2.92. The lowest BCUT2D eigenvalue weighted by Crippen LogP contribution is -2.50. The van der Waals surface area contributed by atoms with Gasteiger partial charge in [0.25, 0.3) is 0 Å². The van der Waals surface area contributed by atoms with Gasteiger partial charge in [0.1, 0.15) is 11.5 Å². The van der Waals surface area contributed by atoms with Gasteiger partial charge in [-0.3, -0.25) is 9.59 Å². The number of methoxy groups -OCH3 is 2. The van der Waals surface area contributed by atoms with Crippen molar-refractivity contribution in [1.29, 1.82) is 0 Å². The van der Waals surface area contributed by atoms with Crippen molar-refractivity contribution in [3.05, 3.63) is 95.1 Å². The molecule has 7 nitrogen and oxygen atoms in total. The van der Waals surface area contributed by atoms with E-state index in [9.17, 15) is 32.8 Å². The van der Waals surface area contributed by atoms with E-state index in [0.29, 0.717) is 11.3 Å². The van der Waals surface area contributed by atoms with Gasteiger partial charge < -0.3 is 24.8 Å². The number of carbonyl (C=O) groups excluding carboxylic acids is 2. The molecule has 0 bridgehead atoms. The minimum atomic E-state index is -4.69. The molecule has 0 saturated heterocycles. The monoisotopic (exact) mass is 543 g/mol. The molecule has 0 spiro atoms. The van der Waals surface area contributed by atoms with Crippen molar-refractivity contribution in [3.8, 4) is 11.5 Å². The summed E-state index contributed by atoms with van der Waals surface area (Å²) in [6.45, 7) is 0. The number of ketones is 1. The van der Waals surface area contributed by atoms with Gasteiger partial charge in [0, 0.05) is 17.9 Å². The van der Waals surface area contributed by atoms with Crippen molar-refractivity contribution < 1.29 is 42.3 Å². The molecule has 0 heterocycles. The van der Waals surface area contributed by atoms with E-state index >= 15 is 0 Å². The molecular weight excluding hydrogens is 514 g/mol. The number of ether oxygens (including phenoxy) is 2. The number of carbonyl (C=O) groups is 2. The van der Waals surface area contributed by atoms with Crippen LogP contribution >= 0.6 is 0 Å². The van der Waals surface area contributed by atoms with Crippen LogP contribution in [0, 0.1) is 5.92 Å². The molecule has 11 heteroatoms. The molecule has 3 aromatic carbocycles. The maximum absolute atomic E-state index is 13.5. The van der Waals surface area contributed by atoms with E-state index < -0.39 is 36.6 Å². The van der Waals surface area contributed by atoms with Gasteiger partial charge in [-0.15, -0.1) is 0 Å². The summed E-state index contributed by atoms with van der Waals surface area (Å²) < 4.78 is 50.3. The van der Waals surface area contributed by atoms with Gasteiger partial charge in [0.15, 0.2) is 5.78 Å². The largest absolute Gasteiger partial charge is 0.497 e. The number of nitrogens with one attached hydrogen (secondary N) is 1. The molecule has 0 aliphatic heterocycles. The van der Waals surface area contributed by atoms with Crippen LogP contribution in [0.2, 0.25) is 0 Å². The first-order valence-electron chi connectivity index (χ1n) is 12.1. The highest BCUT2D eigenvalue weighted by atomic mass is 19.4. The lowest BCUT2D eigenvalue weighted by molar-refractivity contribution is -0.138. The van der Waals surface area contributed by atoms with Crippen molar-refractivity contribution in [2.45, 2.75) is 31.4 Å². The van der Waals surface area contributed by atoms with Gasteiger partial charge in [0.05, 0.1) is 25.7 Å². The summed E-state index contributed by atoms with van der Waals surface area (Å²) in [7, 11) is 0.545. The Labute approximate surface area is 224 Å². The minimum Gasteiger partial charge on any atom is -0.497 e. The fourth-order valence-corrected chi connectivity index (χ4v) is 4.16. The number of rotatable bonds is 12. The zero-order valence-corrected chi connectivity index (χ0v) is 21.4. The molecule has 3 N–H and O–H groups in total. The van der Waals surface area contributed by atoms with Gasteiger partial charge in [0.2, 0.25) is 5.91 Å². The number of alkyl halides is 3. The van der Waals surface area contributed by atoms with Crippen LogP contribution in [0.25, 0.3) is 0 Å². The van der Waals surface area contributed by atoms with Crippen LogP contribution in [0.1, 0.15) is 33.5 Å². The number of amides is 1. The highest BCUT2D eigenvalue weighted by Crippen LogP contribution is 2.37.